The van der Waals surface area contributed by atoms with Crippen molar-refractivity contribution >= 4 is 18.7 Å². The molecule has 4 heteroatoms. The number of halogens is 1. The Hall–Kier alpha value is -1.06. The van der Waals surface area contributed by atoms with Crippen LogP contribution in [0.4, 0.5) is 0 Å². The minimum Gasteiger partial charge on any atom is -0.473 e. The molecule has 0 bridgehead atoms. The second-order valence-electron chi connectivity index (χ2n) is 3.70. The van der Waals surface area contributed by atoms with Crippen LogP contribution in [0.2, 0.25) is 0 Å². The lowest BCUT2D eigenvalue weighted by Gasteiger charge is -2.39. The van der Waals surface area contributed by atoms with Gasteiger partial charge in [0.25, 0.3) is 0 Å². The molecule has 0 aliphatic carbocycles. The molecule has 1 saturated heterocycles. The van der Waals surface area contributed by atoms with E-state index >= 15 is 0 Å². The highest BCUT2D eigenvalue weighted by Gasteiger charge is 2.33. The van der Waals surface area contributed by atoms with E-state index in [4.69, 9.17) is 4.74 Å². The zero-order chi connectivity index (χ0) is 10.0. The Morgan fingerprint density at radius 3 is 2.80 bits per heavy atom. The average Bonchev–Trinajstić information content (AvgIpc) is 2.16. The van der Waals surface area contributed by atoms with E-state index in [2.05, 4.69) is 5.32 Å². The maximum atomic E-state index is 10.5. The van der Waals surface area contributed by atoms with Crippen molar-refractivity contribution in [2.45, 2.75) is 19.1 Å². The Kier molecular flexibility index (Phi) is 3.72. The van der Waals surface area contributed by atoms with E-state index in [1.54, 1.807) is 12.1 Å². The number of ether oxygens (including phenoxy) is 1. The van der Waals surface area contributed by atoms with Crippen LogP contribution in [0.3, 0.4) is 0 Å². The van der Waals surface area contributed by atoms with Crippen molar-refractivity contribution in [3.05, 3.63) is 29.8 Å². The molecule has 1 fully saturated rings. The summed E-state index contributed by atoms with van der Waals surface area (Å²) in [6, 6.07) is 7.19. The van der Waals surface area contributed by atoms with Crippen molar-refractivity contribution in [1.82, 2.24) is 5.32 Å². The van der Waals surface area contributed by atoms with Crippen LogP contribution in [-0.2, 0) is 0 Å². The van der Waals surface area contributed by atoms with Gasteiger partial charge < -0.3 is 4.74 Å². The molecule has 0 aromatic heterocycles. The molecule has 0 spiro atoms. The second kappa shape index (κ2) is 4.64. The molecule has 1 atom stereocenters. The van der Waals surface area contributed by atoms with Gasteiger partial charge in [-0.2, -0.15) is 0 Å². The van der Waals surface area contributed by atoms with Crippen LogP contribution in [0, 0.1) is 0 Å². The van der Waals surface area contributed by atoms with Gasteiger partial charge in [0.2, 0.25) is 0 Å². The third kappa shape index (κ3) is 2.70. The Labute approximate surface area is 95.2 Å². The molecule has 1 aliphatic rings. The highest BCUT2D eigenvalue weighted by atomic mass is 35.5. The smallest absolute Gasteiger partial charge is 0.159 e. The monoisotopic (exact) mass is 227 g/mol. The number of rotatable bonds is 3. The van der Waals surface area contributed by atoms with Gasteiger partial charge in [-0.1, -0.05) is 12.1 Å². The molecule has 82 valence electrons. The van der Waals surface area contributed by atoms with E-state index in [9.17, 15) is 4.79 Å². The van der Waals surface area contributed by atoms with E-state index < -0.39 is 0 Å². The van der Waals surface area contributed by atoms with Crippen LogP contribution in [0.15, 0.2) is 24.3 Å². The van der Waals surface area contributed by atoms with Crippen molar-refractivity contribution in [2.24, 2.45) is 0 Å². The quantitative estimate of drug-likeness (QED) is 0.803. The van der Waals surface area contributed by atoms with Gasteiger partial charge in [-0.15, -0.1) is 12.4 Å². The first-order valence-corrected chi connectivity index (χ1v) is 4.71. The molecule has 1 heterocycles. The van der Waals surface area contributed by atoms with Crippen molar-refractivity contribution in [3.63, 3.8) is 0 Å². The molecule has 0 saturated carbocycles. The molecule has 0 amide bonds. The summed E-state index contributed by atoms with van der Waals surface area (Å²) in [7, 11) is 0. The lowest BCUT2D eigenvalue weighted by atomic mass is 10.1. The van der Waals surface area contributed by atoms with Crippen LogP contribution in [0.1, 0.15) is 23.7 Å². The molecule has 1 aromatic carbocycles. The summed E-state index contributed by atoms with van der Waals surface area (Å²) in [6.07, 6.45) is 1.82. The fourth-order valence-electron chi connectivity index (χ4n) is 1.48. The largest absolute Gasteiger partial charge is 0.473 e. The van der Waals surface area contributed by atoms with Crippen molar-refractivity contribution in [1.29, 1.82) is 0 Å². The first-order valence-electron chi connectivity index (χ1n) is 4.71. The highest BCUT2D eigenvalue weighted by Crippen LogP contribution is 2.24. The number of nitrogens with one attached hydrogen (secondary N) is 1. The zero-order valence-electron chi connectivity index (χ0n) is 8.53. The van der Waals surface area contributed by atoms with Crippen LogP contribution in [0.25, 0.3) is 0 Å². The summed E-state index contributed by atoms with van der Waals surface area (Å²) in [4.78, 5) is 10.5. The molecular weight excluding hydrogens is 214 g/mol. The Bertz CT molecular complexity index is 350. The fraction of sp³-hybridized carbons (Fsp3) is 0.364. The number of carbonyl (C=O) groups excluding carboxylic acids is 1. The Balaban J connectivity index is 0.00000112. The average molecular weight is 228 g/mol. The molecule has 0 unspecified atom stereocenters. The fourth-order valence-corrected chi connectivity index (χ4v) is 1.48. The summed E-state index contributed by atoms with van der Waals surface area (Å²) in [5.74, 6) is 0.740. The lowest BCUT2D eigenvalue weighted by Crippen LogP contribution is -2.58. The summed E-state index contributed by atoms with van der Waals surface area (Å²) in [6.45, 7) is 2.99. The summed E-state index contributed by atoms with van der Waals surface area (Å²) < 4.78 is 5.71. The van der Waals surface area contributed by atoms with Crippen LogP contribution >= 0.6 is 12.4 Å². The van der Waals surface area contributed by atoms with Gasteiger partial charge >= 0.3 is 0 Å². The number of aldehydes is 1. The summed E-state index contributed by atoms with van der Waals surface area (Å²) >= 11 is 0. The molecule has 1 N–H and O–H groups in total. The minimum absolute atomic E-state index is 0. The van der Waals surface area contributed by atoms with Crippen LogP contribution in [-0.4, -0.2) is 18.6 Å². The predicted octanol–water partition coefficient (Wildman–Crippen LogP) is 2.01. The van der Waals surface area contributed by atoms with Gasteiger partial charge in [0.15, 0.2) is 5.72 Å². The van der Waals surface area contributed by atoms with Crippen molar-refractivity contribution < 1.29 is 9.53 Å². The SMILES string of the molecule is C[C@]1(Oc2cccc(C=O)c2)CCN1.Cl. The molecular formula is C11H14ClNO2. The molecule has 1 aromatic rings. The molecule has 15 heavy (non-hydrogen) atoms. The Morgan fingerprint density at radius 1 is 1.53 bits per heavy atom. The van der Waals surface area contributed by atoms with Crippen molar-refractivity contribution in [2.75, 3.05) is 6.54 Å². The highest BCUT2D eigenvalue weighted by molar-refractivity contribution is 5.85. The zero-order valence-corrected chi connectivity index (χ0v) is 9.34. The van der Waals surface area contributed by atoms with Gasteiger partial charge in [-0.05, 0) is 19.1 Å². The van der Waals surface area contributed by atoms with Gasteiger partial charge in [-0.25, -0.2) is 0 Å². The molecule has 2 rings (SSSR count). The number of benzene rings is 1. The predicted molar refractivity (Wildman–Crippen MR) is 60.7 cm³/mol. The number of carbonyl (C=O) groups is 1. The number of hydrogen-bond acceptors (Lipinski definition) is 3. The standard InChI is InChI=1S/C11H13NO2.ClH/c1-11(5-6-12-11)14-10-4-2-3-9(7-10)8-13;/h2-4,7-8,12H,5-6H2,1H3;1H/t11-;/m0./s1. The summed E-state index contributed by atoms with van der Waals surface area (Å²) in [5.41, 5.74) is 0.395. The maximum Gasteiger partial charge on any atom is 0.159 e. The van der Waals surface area contributed by atoms with E-state index in [1.165, 1.54) is 0 Å². The van der Waals surface area contributed by atoms with Gasteiger partial charge in [0.1, 0.15) is 12.0 Å². The van der Waals surface area contributed by atoms with E-state index in [1.807, 2.05) is 19.1 Å². The minimum atomic E-state index is -0.249. The van der Waals surface area contributed by atoms with E-state index in [-0.39, 0.29) is 18.1 Å². The first-order chi connectivity index (χ1) is 6.72. The third-order valence-electron chi connectivity index (χ3n) is 2.44. The second-order valence-corrected chi connectivity index (χ2v) is 3.70. The summed E-state index contributed by atoms with van der Waals surface area (Å²) in [5, 5.41) is 3.20. The molecule has 0 radical (unpaired) electrons. The van der Waals surface area contributed by atoms with Gasteiger partial charge in [0.05, 0.1) is 0 Å². The Morgan fingerprint density at radius 2 is 2.27 bits per heavy atom. The van der Waals surface area contributed by atoms with Crippen LogP contribution in [0.5, 0.6) is 5.75 Å². The topological polar surface area (TPSA) is 38.3 Å². The van der Waals surface area contributed by atoms with Crippen LogP contribution < -0.4 is 10.1 Å². The van der Waals surface area contributed by atoms with Gasteiger partial charge in [0, 0.05) is 18.5 Å². The first kappa shape index (κ1) is 12.0. The normalized spacial score (nSPS) is 23.5. The maximum absolute atomic E-state index is 10.5. The van der Waals surface area contributed by atoms with Crippen molar-refractivity contribution in [3.8, 4) is 5.75 Å². The molecule has 3 nitrogen and oxygen atoms in total. The third-order valence-corrected chi connectivity index (χ3v) is 2.44. The lowest BCUT2D eigenvalue weighted by molar-refractivity contribution is -0.0106. The van der Waals surface area contributed by atoms with E-state index in [0.717, 1.165) is 25.0 Å². The number of hydrogen-bond donors (Lipinski definition) is 1. The van der Waals surface area contributed by atoms with Gasteiger partial charge in [-0.3, -0.25) is 10.1 Å². The molecule has 1 aliphatic heterocycles. The van der Waals surface area contributed by atoms with E-state index in [0.29, 0.717) is 5.56 Å².